The van der Waals surface area contributed by atoms with Gasteiger partial charge in [0.05, 0.1) is 11.8 Å². The van der Waals surface area contributed by atoms with Crippen LogP contribution < -0.4 is 0 Å². The summed E-state index contributed by atoms with van der Waals surface area (Å²) in [5.74, 6) is 0.818. The zero-order valence-corrected chi connectivity index (χ0v) is 14.3. The highest BCUT2D eigenvalue weighted by atomic mass is 15.0. The van der Waals surface area contributed by atoms with Gasteiger partial charge in [0.15, 0.2) is 5.84 Å². The standard InChI is InChI=1S/C23H20N2/c1-17-12-14-20(15-13-17)23-24-21(18-8-4-2-5-9-18)16-22(25-23)19-10-6-3-7-11-19/h2-15,21H,16H2,1H3. The third kappa shape index (κ3) is 3.43. The molecule has 0 fully saturated rings. The number of amidine groups is 1. The molecule has 0 aliphatic carbocycles. The van der Waals surface area contributed by atoms with Crippen LogP contribution in [0.4, 0.5) is 0 Å². The topological polar surface area (TPSA) is 24.7 Å². The lowest BCUT2D eigenvalue weighted by molar-refractivity contribution is 0.753. The van der Waals surface area contributed by atoms with Crippen molar-refractivity contribution in [2.75, 3.05) is 0 Å². The molecule has 122 valence electrons. The van der Waals surface area contributed by atoms with Crippen molar-refractivity contribution in [1.29, 1.82) is 0 Å². The number of aryl methyl sites for hydroxylation is 1. The number of aliphatic imine (C=N–C) groups is 2. The molecule has 0 saturated carbocycles. The second-order valence-corrected chi connectivity index (χ2v) is 6.37. The summed E-state index contributed by atoms with van der Waals surface area (Å²) < 4.78 is 0. The van der Waals surface area contributed by atoms with E-state index in [1.165, 1.54) is 16.7 Å². The Morgan fingerprint density at radius 3 is 2.04 bits per heavy atom. The average molecular weight is 324 g/mol. The van der Waals surface area contributed by atoms with E-state index in [9.17, 15) is 0 Å². The van der Waals surface area contributed by atoms with Crippen molar-refractivity contribution in [3.63, 3.8) is 0 Å². The average Bonchev–Trinajstić information content (AvgIpc) is 2.69. The van der Waals surface area contributed by atoms with Gasteiger partial charge in [-0.25, -0.2) is 4.99 Å². The number of hydrogen-bond donors (Lipinski definition) is 0. The van der Waals surface area contributed by atoms with E-state index < -0.39 is 0 Å². The van der Waals surface area contributed by atoms with E-state index in [0.29, 0.717) is 0 Å². The van der Waals surface area contributed by atoms with Crippen molar-refractivity contribution >= 4 is 11.5 Å². The molecule has 4 rings (SSSR count). The maximum atomic E-state index is 4.96. The van der Waals surface area contributed by atoms with Crippen molar-refractivity contribution in [3.8, 4) is 0 Å². The van der Waals surface area contributed by atoms with E-state index in [0.717, 1.165) is 23.5 Å². The molecule has 0 spiro atoms. The third-order valence-corrected chi connectivity index (χ3v) is 4.51. The van der Waals surface area contributed by atoms with Crippen LogP contribution in [0.3, 0.4) is 0 Å². The lowest BCUT2D eigenvalue weighted by Crippen LogP contribution is -2.17. The SMILES string of the molecule is Cc1ccc(C2=NC(c3ccccc3)CC(c3ccccc3)=N2)cc1. The molecular weight excluding hydrogens is 304 g/mol. The van der Waals surface area contributed by atoms with Gasteiger partial charge >= 0.3 is 0 Å². The second-order valence-electron chi connectivity index (χ2n) is 6.37. The van der Waals surface area contributed by atoms with E-state index in [2.05, 4.69) is 79.7 Å². The molecule has 1 heterocycles. The van der Waals surface area contributed by atoms with Gasteiger partial charge in [-0.1, -0.05) is 90.5 Å². The molecule has 2 nitrogen and oxygen atoms in total. The predicted octanol–water partition coefficient (Wildman–Crippen LogP) is 5.38. The lowest BCUT2D eigenvalue weighted by atomic mass is 9.96. The molecule has 3 aromatic carbocycles. The quantitative estimate of drug-likeness (QED) is 0.618. The molecule has 1 aliphatic rings. The van der Waals surface area contributed by atoms with Gasteiger partial charge in [0, 0.05) is 12.0 Å². The molecule has 2 heteroatoms. The highest BCUT2D eigenvalue weighted by Crippen LogP contribution is 2.28. The van der Waals surface area contributed by atoms with Crippen LogP contribution in [0, 0.1) is 6.92 Å². The van der Waals surface area contributed by atoms with Crippen molar-refractivity contribution in [2.24, 2.45) is 9.98 Å². The number of hydrogen-bond acceptors (Lipinski definition) is 2. The fourth-order valence-electron chi connectivity index (χ4n) is 3.10. The van der Waals surface area contributed by atoms with Gasteiger partial charge in [-0.2, -0.15) is 0 Å². The minimum atomic E-state index is 0.102. The Bertz CT molecular complexity index is 907. The van der Waals surface area contributed by atoms with Gasteiger partial charge in [0.25, 0.3) is 0 Å². The molecule has 1 unspecified atom stereocenters. The van der Waals surface area contributed by atoms with E-state index in [1.807, 2.05) is 12.1 Å². The third-order valence-electron chi connectivity index (χ3n) is 4.51. The molecule has 0 bridgehead atoms. The molecule has 3 aromatic rings. The van der Waals surface area contributed by atoms with Gasteiger partial charge in [-0.15, -0.1) is 0 Å². The minimum Gasteiger partial charge on any atom is -0.258 e. The van der Waals surface area contributed by atoms with Crippen LogP contribution in [-0.2, 0) is 0 Å². The zero-order valence-electron chi connectivity index (χ0n) is 14.3. The molecular formula is C23H20N2. The smallest absolute Gasteiger partial charge is 0.155 e. The van der Waals surface area contributed by atoms with Gasteiger partial charge in [0.1, 0.15) is 0 Å². The summed E-state index contributed by atoms with van der Waals surface area (Å²) in [4.78, 5) is 9.85. The van der Waals surface area contributed by atoms with Crippen molar-refractivity contribution < 1.29 is 0 Å². The van der Waals surface area contributed by atoms with E-state index in [1.54, 1.807) is 0 Å². The summed E-state index contributed by atoms with van der Waals surface area (Å²) in [5.41, 5.74) is 5.81. The maximum absolute atomic E-state index is 4.96. The van der Waals surface area contributed by atoms with Crippen LogP contribution in [-0.4, -0.2) is 11.5 Å². The zero-order chi connectivity index (χ0) is 17.1. The van der Waals surface area contributed by atoms with Gasteiger partial charge in [-0.05, 0) is 18.1 Å². The number of nitrogens with zero attached hydrogens (tertiary/aromatic N) is 2. The van der Waals surface area contributed by atoms with E-state index in [4.69, 9.17) is 9.98 Å². The first kappa shape index (κ1) is 15.5. The van der Waals surface area contributed by atoms with Crippen LogP contribution in [0.15, 0.2) is 94.9 Å². The van der Waals surface area contributed by atoms with Crippen LogP contribution >= 0.6 is 0 Å². The summed E-state index contributed by atoms with van der Waals surface area (Å²) in [6, 6.07) is 29.4. The Kier molecular flexibility index (Phi) is 4.26. The van der Waals surface area contributed by atoms with Crippen LogP contribution in [0.25, 0.3) is 0 Å². The molecule has 0 N–H and O–H groups in total. The Labute approximate surface area is 148 Å². The Morgan fingerprint density at radius 1 is 0.720 bits per heavy atom. The first-order valence-corrected chi connectivity index (χ1v) is 8.62. The number of rotatable bonds is 3. The summed E-state index contributed by atoms with van der Waals surface area (Å²) >= 11 is 0. The lowest BCUT2D eigenvalue weighted by Gasteiger charge is -2.21. The summed E-state index contributed by atoms with van der Waals surface area (Å²) in [5, 5.41) is 0. The Morgan fingerprint density at radius 2 is 1.36 bits per heavy atom. The molecule has 0 aromatic heterocycles. The Hall–Kier alpha value is -3.00. The van der Waals surface area contributed by atoms with Crippen molar-refractivity contribution in [1.82, 2.24) is 0 Å². The molecule has 0 saturated heterocycles. The van der Waals surface area contributed by atoms with Crippen LogP contribution in [0.2, 0.25) is 0 Å². The van der Waals surface area contributed by atoms with Crippen molar-refractivity contribution in [2.45, 2.75) is 19.4 Å². The monoisotopic (exact) mass is 324 g/mol. The molecule has 0 amide bonds. The molecule has 1 aliphatic heterocycles. The van der Waals surface area contributed by atoms with Crippen molar-refractivity contribution in [3.05, 3.63) is 107 Å². The molecule has 1 atom stereocenters. The normalized spacial score (nSPS) is 16.9. The summed E-state index contributed by atoms with van der Waals surface area (Å²) in [6.45, 7) is 2.10. The predicted molar refractivity (Wildman–Crippen MR) is 104 cm³/mol. The highest BCUT2D eigenvalue weighted by Gasteiger charge is 2.21. The minimum absolute atomic E-state index is 0.102. The first-order valence-electron chi connectivity index (χ1n) is 8.62. The van der Waals surface area contributed by atoms with E-state index in [-0.39, 0.29) is 6.04 Å². The summed E-state index contributed by atoms with van der Waals surface area (Å²) in [6.07, 6.45) is 0.823. The fraction of sp³-hybridized carbons (Fsp3) is 0.130. The first-order chi connectivity index (χ1) is 12.3. The second kappa shape index (κ2) is 6.86. The van der Waals surface area contributed by atoms with Crippen LogP contribution in [0.1, 0.15) is 34.7 Å². The number of benzene rings is 3. The molecule has 25 heavy (non-hydrogen) atoms. The van der Waals surface area contributed by atoms with E-state index >= 15 is 0 Å². The maximum Gasteiger partial charge on any atom is 0.155 e. The fourth-order valence-corrected chi connectivity index (χ4v) is 3.10. The van der Waals surface area contributed by atoms with Gasteiger partial charge < -0.3 is 0 Å². The van der Waals surface area contributed by atoms with Crippen LogP contribution in [0.5, 0.6) is 0 Å². The highest BCUT2D eigenvalue weighted by molar-refractivity contribution is 6.14. The largest absolute Gasteiger partial charge is 0.258 e. The summed E-state index contributed by atoms with van der Waals surface area (Å²) in [7, 11) is 0. The molecule has 0 radical (unpaired) electrons. The van der Waals surface area contributed by atoms with Gasteiger partial charge in [-0.3, -0.25) is 4.99 Å². The Balaban J connectivity index is 1.78. The van der Waals surface area contributed by atoms with Gasteiger partial charge in [0.2, 0.25) is 0 Å².